The van der Waals surface area contributed by atoms with Gasteiger partial charge in [-0.05, 0) is 37.1 Å². The van der Waals surface area contributed by atoms with Crippen LogP contribution >= 0.6 is 11.6 Å². The van der Waals surface area contributed by atoms with Crippen LogP contribution in [0, 0.1) is 5.82 Å². The first kappa shape index (κ1) is 21.8. The molecule has 0 fully saturated rings. The number of nitrogens with zero attached hydrogens (tertiary/aromatic N) is 1. The van der Waals surface area contributed by atoms with Gasteiger partial charge in [0.2, 0.25) is 5.43 Å². The quantitative estimate of drug-likeness (QED) is 0.590. The molecule has 1 heterocycles. The molecule has 30 heavy (non-hydrogen) atoms. The second kappa shape index (κ2) is 8.85. The monoisotopic (exact) mass is 433 g/mol. The summed E-state index contributed by atoms with van der Waals surface area (Å²) in [4.78, 5) is 24.3. The van der Waals surface area contributed by atoms with Crippen molar-refractivity contribution in [1.82, 2.24) is 4.57 Å². The fourth-order valence-electron chi connectivity index (χ4n) is 3.30. The summed E-state index contributed by atoms with van der Waals surface area (Å²) in [5, 5.41) is 18.9. The number of carboxylic acids is 1. The minimum absolute atomic E-state index is 0.0157. The molecule has 0 bridgehead atoms. The van der Waals surface area contributed by atoms with Crippen LogP contribution in [0.2, 0.25) is 5.02 Å². The number of carboxylic acid groups (broad SMARTS) is 1. The minimum Gasteiger partial charge on any atom is -0.491 e. The molecule has 0 atom stereocenters. The number of fused-ring (bicyclic) bond motifs is 1. The molecule has 158 valence electrons. The number of carbonyl (C=O) groups is 1. The zero-order valence-corrected chi connectivity index (χ0v) is 17.2. The van der Waals surface area contributed by atoms with Crippen molar-refractivity contribution in [3.63, 3.8) is 0 Å². The number of hydrogen-bond acceptors (Lipinski definition) is 4. The molecule has 0 saturated carbocycles. The highest BCUT2D eigenvalue weighted by molar-refractivity contribution is 6.30. The number of pyridine rings is 1. The van der Waals surface area contributed by atoms with Gasteiger partial charge in [0.05, 0.1) is 23.3 Å². The summed E-state index contributed by atoms with van der Waals surface area (Å²) in [5.41, 5.74) is 0.196. The van der Waals surface area contributed by atoms with Crippen molar-refractivity contribution < 1.29 is 24.1 Å². The van der Waals surface area contributed by atoms with Crippen LogP contribution in [0.4, 0.5) is 4.39 Å². The molecule has 0 amide bonds. The Morgan fingerprint density at radius 3 is 2.63 bits per heavy atom. The number of hydrogen-bond donors (Lipinski definition) is 2. The van der Waals surface area contributed by atoms with Crippen molar-refractivity contribution in [3.05, 3.63) is 74.3 Å². The van der Waals surface area contributed by atoms with Crippen LogP contribution in [-0.4, -0.2) is 33.5 Å². The number of rotatable bonds is 7. The van der Waals surface area contributed by atoms with Gasteiger partial charge in [-0.2, -0.15) is 0 Å². The first-order valence-corrected chi connectivity index (χ1v) is 9.74. The van der Waals surface area contributed by atoms with Crippen molar-refractivity contribution in [2.24, 2.45) is 0 Å². The number of halogens is 2. The SMILES string of the molecule is CC(C)Oc1cc2c(cc1Cc1cccc(Cl)c1F)c(=O)c(C(=O)O)cn2CCO. The van der Waals surface area contributed by atoms with E-state index in [4.69, 9.17) is 16.3 Å². The lowest BCUT2D eigenvalue weighted by Gasteiger charge is -2.18. The van der Waals surface area contributed by atoms with Gasteiger partial charge in [-0.15, -0.1) is 0 Å². The molecule has 0 radical (unpaired) electrons. The third-order valence-corrected chi connectivity index (χ3v) is 4.90. The van der Waals surface area contributed by atoms with Crippen molar-refractivity contribution in [3.8, 4) is 5.75 Å². The molecule has 0 aliphatic heterocycles. The fourth-order valence-corrected chi connectivity index (χ4v) is 3.49. The van der Waals surface area contributed by atoms with Crippen molar-refractivity contribution in [1.29, 1.82) is 0 Å². The lowest BCUT2D eigenvalue weighted by molar-refractivity contribution is 0.0694. The summed E-state index contributed by atoms with van der Waals surface area (Å²) in [6.07, 6.45) is 1.11. The highest BCUT2D eigenvalue weighted by Gasteiger charge is 2.19. The Hall–Kier alpha value is -2.90. The third-order valence-electron chi connectivity index (χ3n) is 4.61. The number of ether oxygens (including phenoxy) is 1. The maximum atomic E-state index is 14.5. The molecule has 8 heteroatoms. The summed E-state index contributed by atoms with van der Waals surface area (Å²) < 4.78 is 21.9. The van der Waals surface area contributed by atoms with Crippen LogP contribution in [0.15, 0.2) is 41.3 Å². The summed E-state index contributed by atoms with van der Waals surface area (Å²) in [6, 6.07) is 7.80. The Bertz CT molecular complexity index is 1170. The molecule has 2 N–H and O–H groups in total. The van der Waals surface area contributed by atoms with Crippen LogP contribution in [0.25, 0.3) is 10.9 Å². The number of benzene rings is 2. The van der Waals surface area contributed by atoms with Crippen molar-refractivity contribution in [2.45, 2.75) is 32.9 Å². The highest BCUT2D eigenvalue weighted by Crippen LogP contribution is 2.30. The Morgan fingerprint density at radius 2 is 2.00 bits per heavy atom. The van der Waals surface area contributed by atoms with Crippen LogP contribution in [0.1, 0.15) is 35.3 Å². The zero-order valence-electron chi connectivity index (χ0n) is 16.5. The van der Waals surface area contributed by atoms with Gasteiger partial charge in [0, 0.05) is 30.6 Å². The Balaban J connectivity index is 2.29. The highest BCUT2D eigenvalue weighted by atomic mass is 35.5. The van der Waals surface area contributed by atoms with Gasteiger partial charge in [0.1, 0.15) is 17.1 Å². The minimum atomic E-state index is -1.36. The van der Waals surface area contributed by atoms with E-state index in [2.05, 4.69) is 0 Å². The van der Waals surface area contributed by atoms with E-state index in [1.165, 1.54) is 22.9 Å². The largest absolute Gasteiger partial charge is 0.491 e. The molecular weight excluding hydrogens is 413 g/mol. The Kier molecular flexibility index (Phi) is 6.43. The van der Waals surface area contributed by atoms with E-state index >= 15 is 0 Å². The van der Waals surface area contributed by atoms with E-state index < -0.39 is 22.8 Å². The molecule has 6 nitrogen and oxygen atoms in total. The maximum Gasteiger partial charge on any atom is 0.341 e. The van der Waals surface area contributed by atoms with Gasteiger partial charge in [-0.25, -0.2) is 9.18 Å². The predicted octanol–water partition coefficient (Wildman–Crippen LogP) is 3.86. The van der Waals surface area contributed by atoms with E-state index in [0.29, 0.717) is 22.4 Å². The third kappa shape index (κ3) is 4.32. The van der Waals surface area contributed by atoms with E-state index in [1.807, 2.05) is 13.8 Å². The van der Waals surface area contributed by atoms with Gasteiger partial charge >= 0.3 is 5.97 Å². The first-order chi connectivity index (χ1) is 14.2. The van der Waals surface area contributed by atoms with Gasteiger partial charge in [-0.3, -0.25) is 4.79 Å². The number of aliphatic hydroxyl groups is 1. The average Bonchev–Trinajstić information content (AvgIpc) is 2.68. The van der Waals surface area contributed by atoms with E-state index in [-0.39, 0.29) is 36.1 Å². The van der Waals surface area contributed by atoms with Crippen LogP contribution in [0.5, 0.6) is 5.75 Å². The first-order valence-electron chi connectivity index (χ1n) is 9.36. The van der Waals surface area contributed by atoms with Gasteiger partial charge < -0.3 is 19.5 Å². The molecule has 0 aliphatic rings. The predicted molar refractivity (Wildman–Crippen MR) is 112 cm³/mol. The molecule has 0 spiro atoms. The molecule has 0 saturated heterocycles. The molecular formula is C22H21ClFNO5. The van der Waals surface area contributed by atoms with Gasteiger partial charge in [0.15, 0.2) is 0 Å². The molecule has 0 aliphatic carbocycles. The standard InChI is InChI=1S/C22H21ClFNO5/c1-12(2)30-19-10-18-15(21(27)16(22(28)29)11-25(18)6-7-26)9-14(19)8-13-4-3-5-17(23)20(13)24/h3-5,9-12,26H,6-8H2,1-2H3,(H,28,29). The normalized spacial score (nSPS) is 11.3. The summed E-state index contributed by atoms with van der Waals surface area (Å²) in [6.45, 7) is 3.53. The number of aromatic carboxylic acids is 1. The van der Waals surface area contributed by atoms with Crippen LogP contribution in [-0.2, 0) is 13.0 Å². The summed E-state index contributed by atoms with van der Waals surface area (Å²) in [5.74, 6) is -1.49. The van der Waals surface area contributed by atoms with Crippen molar-refractivity contribution in [2.75, 3.05) is 6.61 Å². The second-order valence-electron chi connectivity index (χ2n) is 7.13. The van der Waals surface area contributed by atoms with Gasteiger partial charge in [0.25, 0.3) is 0 Å². The van der Waals surface area contributed by atoms with E-state index in [9.17, 15) is 24.2 Å². The molecule has 0 unspecified atom stereocenters. The topological polar surface area (TPSA) is 88.8 Å². The maximum absolute atomic E-state index is 14.5. The number of aliphatic hydroxyl groups excluding tert-OH is 1. The van der Waals surface area contributed by atoms with Crippen LogP contribution < -0.4 is 10.2 Å². The van der Waals surface area contributed by atoms with Crippen molar-refractivity contribution >= 4 is 28.5 Å². The summed E-state index contributed by atoms with van der Waals surface area (Å²) in [7, 11) is 0. The average molecular weight is 434 g/mol. The molecule has 1 aromatic heterocycles. The Morgan fingerprint density at radius 1 is 1.27 bits per heavy atom. The fraction of sp³-hybridized carbons (Fsp3) is 0.273. The molecule has 3 rings (SSSR count). The lowest BCUT2D eigenvalue weighted by atomic mass is 10.00. The number of aromatic nitrogens is 1. The van der Waals surface area contributed by atoms with E-state index in [1.54, 1.807) is 18.2 Å². The van der Waals surface area contributed by atoms with Gasteiger partial charge in [-0.1, -0.05) is 23.7 Å². The Labute approximate surface area is 177 Å². The molecule has 3 aromatic rings. The summed E-state index contributed by atoms with van der Waals surface area (Å²) >= 11 is 5.89. The zero-order chi connectivity index (χ0) is 22.0. The second-order valence-corrected chi connectivity index (χ2v) is 7.53. The molecule has 2 aromatic carbocycles. The van der Waals surface area contributed by atoms with Crippen LogP contribution in [0.3, 0.4) is 0 Å². The lowest BCUT2D eigenvalue weighted by Crippen LogP contribution is -2.20. The van der Waals surface area contributed by atoms with E-state index in [0.717, 1.165) is 0 Å². The smallest absolute Gasteiger partial charge is 0.341 e.